The minimum absolute atomic E-state index is 0.670. The monoisotopic (exact) mass is 510 g/mol. The van der Waals surface area contributed by atoms with Crippen molar-refractivity contribution in [1.82, 2.24) is 19.1 Å². The van der Waals surface area contributed by atoms with Crippen LogP contribution in [0, 0.1) is 0 Å². The molecule has 9 aromatic rings. The molecule has 0 amide bonds. The molecule has 4 nitrogen and oxygen atoms in total. The highest BCUT2D eigenvalue weighted by molar-refractivity contribution is 6.32. The molecule has 0 saturated carbocycles. The van der Waals surface area contributed by atoms with Crippen molar-refractivity contribution in [3.8, 4) is 22.9 Å². The summed E-state index contributed by atoms with van der Waals surface area (Å²) in [6.07, 6.45) is 1.87. The average molecular weight is 511 g/mol. The fraction of sp³-hybridized carbons (Fsp3) is 0. The summed E-state index contributed by atoms with van der Waals surface area (Å²) in [5, 5.41) is 7.38. The van der Waals surface area contributed by atoms with Crippen molar-refractivity contribution in [1.29, 1.82) is 0 Å². The second kappa shape index (κ2) is 8.01. The molecular weight excluding hydrogens is 488 g/mol. The zero-order valence-electron chi connectivity index (χ0n) is 21.5. The molecule has 0 atom stereocenters. The van der Waals surface area contributed by atoms with Crippen LogP contribution in [0.25, 0.3) is 77.3 Å². The largest absolute Gasteiger partial charge is 0.307 e. The lowest BCUT2D eigenvalue weighted by Crippen LogP contribution is -2.03. The molecule has 9 rings (SSSR count). The standard InChI is InChI=1S/C36H22N4/c1-3-10-23(11-4-1)29-20-21-37-36(38-29)40-31-17-9-12-24-18-19-25-22-28-27-15-7-8-16-30(27)39(26-13-5-2-6-14-26)34(28)35(40)33(25)32(24)31/h1-22H. The molecule has 0 unspecified atom stereocenters. The summed E-state index contributed by atoms with van der Waals surface area (Å²) in [7, 11) is 0. The van der Waals surface area contributed by atoms with Crippen molar-refractivity contribution >= 4 is 54.4 Å². The summed E-state index contributed by atoms with van der Waals surface area (Å²) in [5.41, 5.74) is 7.69. The van der Waals surface area contributed by atoms with Crippen molar-refractivity contribution in [2.45, 2.75) is 0 Å². The van der Waals surface area contributed by atoms with E-state index >= 15 is 0 Å². The van der Waals surface area contributed by atoms with Crippen LogP contribution in [-0.2, 0) is 0 Å². The maximum Gasteiger partial charge on any atom is 0.235 e. The van der Waals surface area contributed by atoms with E-state index in [1.165, 1.54) is 37.8 Å². The van der Waals surface area contributed by atoms with Crippen LogP contribution in [0.5, 0.6) is 0 Å². The molecule has 40 heavy (non-hydrogen) atoms. The van der Waals surface area contributed by atoms with Gasteiger partial charge in [-0.1, -0.05) is 91.0 Å². The van der Waals surface area contributed by atoms with Crippen molar-refractivity contribution in [3.63, 3.8) is 0 Å². The number of fused-ring (bicyclic) bond motifs is 4. The molecule has 3 heterocycles. The van der Waals surface area contributed by atoms with E-state index in [0.717, 1.165) is 33.5 Å². The number of para-hydroxylation sites is 2. The third-order valence-electron chi connectivity index (χ3n) is 8.12. The Morgan fingerprint density at radius 3 is 2.12 bits per heavy atom. The van der Waals surface area contributed by atoms with Crippen LogP contribution in [0.2, 0.25) is 0 Å². The molecule has 4 heteroatoms. The second-order valence-electron chi connectivity index (χ2n) is 10.3. The van der Waals surface area contributed by atoms with E-state index in [4.69, 9.17) is 9.97 Å². The molecule has 0 aliphatic rings. The molecule has 0 bridgehead atoms. The van der Waals surface area contributed by atoms with Gasteiger partial charge in [0.25, 0.3) is 0 Å². The number of hydrogen-bond acceptors (Lipinski definition) is 2. The van der Waals surface area contributed by atoms with E-state index in [1.807, 2.05) is 30.5 Å². The Morgan fingerprint density at radius 2 is 1.25 bits per heavy atom. The normalized spacial score (nSPS) is 12.0. The number of benzene rings is 6. The van der Waals surface area contributed by atoms with Gasteiger partial charge >= 0.3 is 0 Å². The number of nitrogens with zero attached hydrogens (tertiary/aromatic N) is 4. The molecule has 0 radical (unpaired) electrons. The van der Waals surface area contributed by atoms with Gasteiger partial charge in [-0.15, -0.1) is 0 Å². The van der Waals surface area contributed by atoms with Gasteiger partial charge < -0.3 is 4.57 Å². The molecule has 0 spiro atoms. The predicted molar refractivity (Wildman–Crippen MR) is 165 cm³/mol. The minimum Gasteiger partial charge on any atom is -0.307 e. The average Bonchev–Trinajstić information content (AvgIpc) is 3.55. The van der Waals surface area contributed by atoms with Gasteiger partial charge in [-0.25, -0.2) is 9.97 Å². The lowest BCUT2D eigenvalue weighted by atomic mass is 10.00. The smallest absolute Gasteiger partial charge is 0.235 e. The zero-order chi connectivity index (χ0) is 26.2. The summed E-state index contributed by atoms with van der Waals surface area (Å²) in [5.74, 6) is 0.670. The van der Waals surface area contributed by atoms with Crippen LogP contribution in [-0.4, -0.2) is 19.1 Å². The first kappa shape index (κ1) is 21.5. The maximum atomic E-state index is 5.15. The Labute approximate surface area is 229 Å². The van der Waals surface area contributed by atoms with Crippen molar-refractivity contribution < 1.29 is 0 Å². The molecule has 6 aromatic carbocycles. The van der Waals surface area contributed by atoms with Crippen LogP contribution in [0.4, 0.5) is 0 Å². The Bertz CT molecular complexity index is 2360. The van der Waals surface area contributed by atoms with Gasteiger partial charge in [0.05, 0.1) is 27.8 Å². The first-order valence-electron chi connectivity index (χ1n) is 13.5. The minimum atomic E-state index is 0.670. The molecular formula is C36H22N4. The molecule has 0 aliphatic heterocycles. The van der Waals surface area contributed by atoms with Gasteiger partial charge in [-0.2, -0.15) is 0 Å². The van der Waals surface area contributed by atoms with E-state index in [1.54, 1.807) is 0 Å². The second-order valence-corrected chi connectivity index (χ2v) is 10.3. The summed E-state index contributed by atoms with van der Waals surface area (Å²) >= 11 is 0. The first-order chi connectivity index (χ1) is 19.9. The van der Waals surface area contributed by atoms with Gasteiger partial charge in [0.1, 0.15) is 0 Å². The van der Waals surface area contributed by atoms with E-state index in [0.29, 0.717) is 5.95 Å². The lowest BCUT2D eigenvalue weighted by molar-refractivity contribution is 0.992. The van der Waals surface area contributed by atoms with E-state index < -0.39 is 0 Å². The zero-order valence-corrected chi connectivity index (χ0v) is 21.5. The van der Waals surface area contributed by atoms with Crippen molar-refractivity contribution in [2.75, 3.05) is 0 Å². The van der Waals surface area contributed by atoms with Crippen LogP contribution < -0.4 is 0 Å². The predicted octanol–water partition coefficient (Wildman–Crippen LogP) is 8.93. The lowest BCUT2D eigenvalue weighted by Gasteiger charge is -2.12. The summed E-state index contributed by atoms with van der Waals surface area (Å²) in [6, 6.07) is 45.0. The Hall–Kier alpha value is -5.48. The van der Waals surface area contributed by atoms with Gasteiger partial charge in [0, 0.05) is 39.0 Å². The molecule has 186 valence electrons. The first-order valence-corrected chi connectivity index (χ1v) is 13.5. The fourth-order valence-electron chi connectivity index (χ4n) is 6.47. The maximum absolute atomic E-state index is 5.15. The topological polar surface area (TPSA) is 35.6 Å². The Balaban J connectivity index is 1.53. The highest BCUT2D eigenvalue weighted by Gasteiger charge is 2.24. The molecule has 0 aliphatic carbocycles. The summed E-state index contributed by atoms with van der Waals surface area (Å²) < 4.78 is 4.68. The van der Waals surface area contributed by atoms with Gasteiger partial charge in [0.2, 0.25) is 5.95 Å². The number of aromatic nitrogens is 4. The van der Waals surface area contributed by atoms with Crippen LogP contribution >= 0.6 is 0 Å². The molecule has 0 fully saturated rings. The van der Waals surface area contributed by atoms with Crippen LogP contribution in [0.3, 0.4) is 0 Å². The Morgan fingerprint density at radius 1 is 0.500 bits per heavy atom. The van der Waals surface area contributed by atoms with E-state index in [9.17, 15) is 0 Å². The fourth-order valence-corrected chi connectivity index (χ4v) is 6.47. The van der Waals surface area contributed by atoms with E-state index in [2.05, 4.69) is 112 Å². The van der Waals surface area contributed by atoms with Crippen molar-refractivity contribution in [2.24, 2.45) is 0 Å². The molecule has 0 N–H and O–H groups in total. The third kappa shape index (κ3) is 2.85. The number of rotatable bonds is 3. The quantitative estimate of drug-likeness (QED) is 0.222. The van der Waals surface area contributed by atoms with Crippen molar-refractivity contribution in [3.05, 3.63) is 134 Å². The van der Waals surface area contributed by atoms with Crippen LogP contribution in [0.1, 0.15) is 0 Å². The summed E-state index contributed by atoms with van der Waals surface area (Å²) in [6.45, 7) is 0. The SMILES string of the molecule is c1ccc(-c2ccnc(-n3c4cccc5ccc6cc7c8ccccc8n(-c8ccccc8)c7c3c6c54)n2)cc1. The Kier molecular flexibility index (Phi) is 4.30. The van der Waals surface area contributed by atoms with E-state index in [-0.39, 0.29) is 0 Å². The molecule has 0 saturated heterocycles. The summed E-state index contributed by atoms with van der Waals surface area (Å²) in [4.78, 5) is 10.0. The van der Waals surface area contributed by atoms with Gasteiger partial charge in [-0.05, 0) is 47.2 Å². The third-order valence-corrected chi connectivity index (χ3v) is 8.12. The number of hydrogen-bond donors (Lipinski definition) is 0. The van der Waals surface area contributed by atoms with Crippen LogP contribution in [0.15, 0.2) is 134 Å². The van der Waals surface area contributed by atoms with Gasteiger partial charge in [0.15, 0.2) is 0 Å². The van der Waals surface area contributed by atoms with Gasteiger partial charge in [-0.3, -0.25) is 4.57 Å². The highest BCUT2D eigenvalue weighted by Crippen LogP contribution is 2.45. The highest BCUT2D eigenvalue weighted by atomic mass is 15.2. The molecule has 3 aromatic heterocycles.